The molecule has 0 amide bonds. The Kier molecular flexibility index (Phi) is 13.0. The van der Waals surface area contributed by atoms with Crippen LogP contribution in [-0.4, -0.2) is 0 Å². The molecular formula is C36H43BrS5. The highest BCUT2D eigenvalue weighted by Crippen LogP contribution is 2.48. The van der Waals surface area contributed by atoms with E-state index in [4.69, 9.17) is 0 Å². The van der Waals surface area contributed by atoms with Crippen LogP contribution in [0, 0.1) is 0 Å². The molecule has 6 heteroatoms. The standard InChI is InChI=1S/C36H43BrS5/c1-3-5-7-9-11-13-16-26-24-32(41-35(26)30-20-19-29(39-30)28-18-15-23-38-28)33-25-27(17-14-12-10-8-6-4-2)36(42-33)31-21-22-34(37)40-31/h15,18-25H,3-14,16-17H2,1-2H3. The van der Waals surface area contributed by atoms with Crippen LogP contribution in [0.15, 0.2) is 57.7 Å². The van der Waals surface area contributed by atoms with Crippen LogP contribution in [0.2, 0.25) is 0 Å². The quantitative estimate of drug-likeness (QED) is 0.0793. The molecule has 0 bridgehead atoms. The van der Waals surface area contributed by atoms with E-state index in [2.05, 4.69) is 83.7 Å². The fourth-order valence-corrected chi connectivity index (χ4v) is 11.5. The second-order valence-electron chi connectivity index (χ2n) is 11.2. The molecule has 0 radical (unpaired) electrons. The molecule has 5 rings (SSSR count). The van der Waals surface area contributed by atoms with Crippen molar-refractivity contribution in [2.24, 2.45) is 0 Å². The van der Waals surface area contributed by atoms with Gasteiger partial charge in [-0.1, -0.05) is 84.1 Å². The maximum absolute atomic E-state index is 3.72. The van der Waals surface area contributed by atoms with E-state index in [0.717, 1.165) is 0 Å². The number of aryl methyl sites for hydroxylation is 2. The number of thiophene rings is 5. The largest absolute Gasteiger partial charge is 0.143 e. The van der Waals surface area contributed by atoms with Crippen LogP contribution in [0.5, 0.6) is 0 Å². The summed E-state index contributed by atoms with van der Waals surface area (Å²) in [5, 5.41) is 2.19. The summed E-state index contributed by atoms with van der Waals surface area (Å²) in [5.41, 5.74) is 3.10. The summed E-state index contributed by atoms with van der Waals surface area (Å²) in [5.74, 6) is 0. The molecular weight excluding hydrogens is 673 g/mol. The number of unbranched alkanes of at least 4 members (excludes halogenated alkanes) is 10. The van der Waals surface area contributed by atoms with Crippen molar-refractivity contribution >= 4 is 72.6 Å². The van der Waals surface area contributed by atoms with Crippen molar-refractivity contribution in [2.75, 3.05) is 0 Å². The lowest BCUT2D eigenvalue weighted by Crippen LogP contribution is -1.86. The van der Waals surface area contributed by atoms with Crippen molar-refractivity contribution in [1.82, 2.24) is 0 Å². The highest BCUT2D eigenvalue weighted by atomic mass is 79.9. The van der Waals surface area contributed by atoms with Gasteiger partial charge < -0.3 is 0 Å². The zero-order valence-corrected chi connectivity index (χ0v) is 30.7. The first-order valence-corrected chi connectivity index (χ1v) is 20.8. The molecule has 0 nitrogen and oxygen atoms in total. The molecule has 0 saturated carbocycles. The summed E-state index contributed by atoms with van der Waals surface area (Å²) in [4.78, 5) is 11.5. The zero-order chi connectivity index (χ0) is 29.1. The number of hydrogen-bond acceptors (Lipinski definition) is 5. The molecule has 0 aliphatic heterocycles. The van der Waals surface area contributed by atoms with Gasteiger partial charge in [-0.25, -0.2) is 0 Å². The maximum Gasteiger partial charge on any atom is 0.0705 e. The van der Waals surface area contributed by atoms with Crippen LogP contribution in [0.1, 0.15) is 102 Å². The second kappa shape index (κ2) is 16.9. The van der Waals surface area contributed by atoms with Gasteiger partial charge in [0, 0.05) is 39.0 Å². The van der Waals surface area contributed by atoms with E-state index in [1.807, 2.05) is 56.7 Å². The van der Waals surface area contributed by atoms with Crippen molar-refractivity contribution in [3.8, 4) is 39.0 Å². The Labute approximate surface area is 282 Å². The van der Waals surface area contributed by atoms with Crippen molar-refractivity contribution in [3.63, 3.8) is 0 Å². The molecule has 0 aliphatic carbocycles. The average Bonchev–Trinajstić information content (AvgIpc) is 3.82. The Bertz CT molecular complexity index is 1480. The minimum Gasteiger partial charge on any atom is -0.143 e. The summed E-state index contributed by atoms with van der Waals surface area (Å²) < 4.78 is 1.22. The minimum absolute atomic E-state index is 1.19. The SMILES string of the molecule is CCCCCCCCc1cc(-c2cc(CCCCCCCC)c(-c3ccc(-c4cccs4)s3)s2)sc1-c1ccc(Br)s1. The average molecular weight is 716 g/mol. The van der Waals surface area contributed by atoms with Crippen molar-refractivity contribution < 1.29 is 0 Å². The third kappa shape index (κ3) is 8.79. The lowest BCUT2D eigenvalue weighted by atomic mass is 10.0. The van der Waals surface area contributed by atoms with Gasteiger partial charge in [-0.05, 0) is 101 Å². The molecule has 0 aromatic carbocycles. The van der Waals surface area contributed by atoms with Crippen molar-refractivity contribution in [1.29, 1.82) is 0 Å². The van der Waals surface area contributed by atoms with E-state index in [1.54, 1.807) is 11.1 Å². The van der Waals surface area contributed by atoms with Crippen LogP contribution in [0.4, 0.5) is 0 Å². The molecule has 0 N–H and O–H groups in total. The van der Waals surface area contributed by atoms with Crippen LogP contribution in [-0.2, 0) is 12.8 Å². The summed E-state index contributed by atoms with van der Waals surface area (Å²) in [6.45, 7) is 4.60. The highest BCUT2D eigenvalue weighted by molar-refractivity contribution is 9.11. The Morgan fingerprint density at radius 1 is 0.500 bits per heavy atom. The molecule has 5 aromatic heterocycles. The van der Waals surface area contributed by atoms with E-state index in [-0.39, 0.29) is 0 Å². The van der Waals surface area contributed by atoms with Gasteiger partial charge in [0.2, 0.25) is 0 Å². The lowest BCUT2D eigenvalue weighted by Gasteiger charge is -2.03. The minimum atomic E-state index is 1.19. The summed E-state index contributed by atoms with van der Waals surface area (Å²) in [6.07, 6.45) is 18.5. The first-order valence-electron chi connectivity index (χ1n) is 15.8. The van der Waals surface area contributed by atoms with Crippen LogP contribution >= 0.6 is 72.6 Å². The maximum atomic E-state index is 3.72. The lowest BCUT2D eigenvalue weighted by molar-refractivity contribution is 0.608. The van der Waals surface area contributed by atoms with Crippen LogP contribution in [0.3, 0.4) is 0 Å². The number of hydrogen-bond donors (Lipinski definition) is 0. The fraction of sp³-hybridized carbons (Fsp3) is 0.444. The summed E-state index contributed by atoms with van der Waals surface area (Å²) in [7, 11) is 0. The Morgan fingerprint density at radius 3 is 1.55 bits per heavy atom. The van der Waals surface area contributed by atoms with E-state index in [9.17, 15) is 0 Å². The molecule has 0 fully saturated rings. The van der Waals surface area contributed by atoms with Gasteiger partial charge >= 0.3 is 0 Å². The Hall–Kier alpha value is -1.02. The van der Waals surface area contributed by atoms with Gasteiger partial charge in [0.1, 0.15) is 0 Å². The predicted molar refractivity (Wildman–Crippen MR) is 199 cm³/mol. The van der Waals surface area contributed by atoms with E-state index >= 15 is 0 Å². The van der Waals surface area contributed by atoms with Crippen molar-refractivity contribution in [2.45, 2.75) is 104 Å². The second-order valence-corrected chi connectivity index (χ2v) is 17.8. The predicted octanol–water partition coefficient (Wildman–Crippen LogP) is 15.2. The van der Waals surface area contributed by atoms with Gasteiger partial charge in [-0.15, -0.1) is 56.7 Å². The third-order valence-corrected chi connectivity index (χ3v) is 14.5. The number of rotatable bonds is 18. The number of halogens is 1. The van der Waals surface area contributed by atoms with Crippen LogP contribution < -0.4 is 0 Å². The summed E-state index contributed by atoms with van der Waals surface area (Å²) >= 11 is 13.4. The molecule has 0 aliphatic rings. The topological polar surface area (TPSA) is 0 Å². The molecule has 42 heavy (non-hydrogen) atoms. The third-order valence-electron chi connectivity index (χ3n) is 7.85. The molecule has 0 spiro atoms. The highest BCUT2D eigenvalue weighted by Gasteiger charge is 2.19. The molecule has 0 atom stereocenters. The fourth-order valence-electron chi connectivity index (χ4n) is 5.53. The molecule has 5 heterocycles. The molecule has 0 saturated heterocycles. The Balaban J connectivity index is 1.41. The van der Waals surface area contributed by atoms with E-state index < -0.39 is 0 Å². The first-order chi connectivity index (χ1) is 20.7. The summed E-state index contributed by atoms with van der Waals surface area (Å²) in [6, 6.07) is 18.7. The van der Waals surface area contributed by atoms with Gasteiger partial charge in [-0.3, -0.25) is 0 Å². The van der Waals surface area contributed by atoms with E-state index in [1.165, 1.54) is 133 Å². The van der Waals surface area contributed by atoms with Crippen molar-refractivity contribution in [3.05, 3.63) is 68.8 Å². The zero-order valence-electron chi connectivity index (χ0n) is 25.0. The molecule has 5 aromatic rings. The van der Waals surface area contributed by atoms with E-state index in [0.29, 0.717) is 0 Å². The molecule has 224 valence electrons. The normalized spacial score (nSPS) is 11.6. The Morgan fingerprint density at radius 2 is 1.02 bits per heavy atom. The monoisotopic (exact) mass is 714 g/mol. The van der Waals surface area contributed by atoms with Gasteiger partial charge in [-0.2, -0.15) is 0 Å². The van der Waals surface area contributed by atoms with Gasteiger partial charge in [0.05, 0.1) is 3.79 Å². The van der Waals surface area contributed by atoms with Crippen LogP contribution in [0.25, 0.3) is 39.0 Å². The first kappa shape index (κ1) is 32.4. The van der Waals surface area contributed by atoms with Gasteiger partial charge in [0.25, 0.3) is 0 Å². The van der Waals surface area contributed by atoms with Gasteiger partial charge in [0.15, 0.2) is 0 Å². The molecule has 0 unspecified atom stereocenters. The smallest absolute Gasteiger partial charge is 0.0705 e.